The van der Waals surface area contributed by atoms with Gasteiger partial charge >= 0.3 is 0 Å². The smallest absolute Gasteiger partial charge is 0.214 e. The first kappa shape index (κ1) is 14.8. The van der Waals surface area contributed by atoms with Crippen molar-refractivity contribution >= 4 is 21.6 Å². The molecule has 1 aliphatic rings. The second-order valence-electron chi connectivity index (χ2n) is 4.74. The van der Waals surface area contributed by atoms with Crippen molar-refractivity contribution in [2.75, 3.05) is 20.3 Å². The van der Waals surface area contributed by atoms with Gasteiger partial charge in [0.05, 0.1) is 11.9 Å². The van der Waals surface area contributed by atoms with Gasteiger partial charge in [-0.3, -0.25) is 0 Å². The third-order valence-electron chi connectivity index (χ3n) is 3.50. The first-order chi connectivity index (χ1) is 9.03. The molecule has 1 aliphatic heterocycles. The lowest BCUT2D eigenvalue weighted by Gasteiger charge is -2.31. The van der Waals surface area contributed by atoms with Crippen LogP contribution < -0.4 is 4.72 Å². The third kappa shape index (κ3) is 3.69. The molecule has 0 bridgehead atoms. The topological polar surface area (TPSA) is 55.4 Å². The molecule has 4 nitrogen and oxygen atoms in total. The maximum Gasteiger partial charge on any atom is 0.214 e. The van der Waals surface area contributed by atoms with Crippen LogP contribution in [0, 0.1) is 5.92 Å². The first-order valence-electron chi connectivity index (χ1n) is 6.27. The molecule has 1 aromatic rings. The summed E-state index contributed by atoms with van der Waals surface area (Å²) in [4.78, 5) is 0. The second kappa shape index (κ2) is 6.22. The zero-order chi connectivity index (χ0) is 13.9. The SMILES string of the molecule is CNS(=O)(=O)[C@@H]1CCOC[C@@H]1Cc1ccc(Cl)cc1. The Morgan fingerprint density at radius 1 is 1.37 bits per heavy atom. The minimum absolute atomic E-state index is 0.0209. The van der Waals surface area contributed by atoms with Crippen molar-refractivity contribution in [3.8, 4) is 0 Å². The van der Waals surface area contributed by atoms with Crippen molar-refractivity contribution in [1.29, 1.82) is 0 Å². The molecular formula is C13H18ClNO3S. The van der Waals surface area contributed by atoms with Crippen LogP contribution in [0.2, 0.25) is 5.02 Å². The van der Waals surface area contributed by atoms with Crippen LogP contribution in [0.25, 0.3) is 0 Å². The Labute approximate surface area is 119 Å². The fourth-order valence-electron chi connectivity index (χ4n) is 2.45. The molecule has 0 saturated carbocycles. The maximum absolute atomic E-state index is 12.0. The highest BCUT2D eigenvalue weighted by Gasteiger charge is 2.35. The van der Waals surface area contributed by atoms with Gasteiger partial charge in [-0.25, -0.2) is 13.1 Å². The third-order valence-corrected chi connectivity index (χ3v) is 5.74. The zero-order valence-corrected chi connectivity index (χ0v) is 12.4. The molecule has 106 valence electrons. The first-order valence-corrected chi connectivity index (χ1v) is 8.20. The molecule has 0 spiro atoms. The van der Waals surface area contributed by atoms with Crippen LogP contribution in [0.15, 0.2) is 24.3 Å². The van der Waals surface area contributed by atoms with Crippen molar-refractivity contribution in [2.45, 2.75) is 18.1 Å². The van der Waals surface area contributed by atoms with E-state index in [4.69, 9.17) is 16.3 Å². The molecule has 0 aromatic heterocycles. The summed E-state index contributed by atoms with van der Waals surface area (Å²) in [5.41, 5.74) is 1.08. The summed E-state index contributed by atoms with van der Waals surface area (Å²) in [6, 6.07) is 7.50. The van der Waals surface area contributed by atoms with Crippen LogP contribution >= 0.6 is 11.6 Å². The van der Waals surface area contributed by atoms with Gasteiger partial charge in [-0.1, -0.05) is 23.7 Å². The quantitative estimate of drug-likeness (QED) is 0.923. The molecule has 1 N–H and O–H groups in total. The van der Waals surface area contributed by atoms with Gasteiger partial charge in [0.1, 0.15) is 0 Å². The molecular weight excluding hydrogens is 286 g/mol. The summed E-state index contributed by atoms with van der Waals surface area (Å²) < 4.78 is 31.9. The van der Waals surface area contributed by atoms with Gasteiger partial charge in [0, 0.05) is 17.5 Å². The number of benzene rings is 1. The summed E-state index contributed by atoms with van der Waals surface area (Å²) in [5, 5.41) is 0.296. The van der Waals surface area contributed by atoms with Crippen molar-refractivity contribution in [1.82, 2.24) is 4.72 Å². The van der Waals surface area contributed by atoms with Crippen molar-refractivity contribution in [3.05, 3.63) is 34.9 Å². The normalized spacial score (nSPS) is 24.3. The minimum Gasteiger partial charge on any atom is -0.381 e. The van der Waals surface area contributed by atoms with Gasteiger partial charge in [-0.2, -0.15) is 0 Å². The number of nitrogens with one attached hydrogen (secondary N) is 1. The zero-order valence-electron chi connectivity index (χ0n) is 10.8. The van der Waals surface area contributed by atoms with E-state index >= 15 is 0 Å². The standard InChI is InChI=1S/C13H18ClNO3S/c1-15-19(16,17)13-6-7-18-9-11(13)8-10-2-4-12(14)5-3-10/h2-5,11,13,15H,6-9H2,1H3/t11-,13+/m0/s1. The highest BCUT2D eigenvalue weighted by molar-refractivity contribution is 7.90. The van der Waals surface area contributed by atoms with Gasteiger partial charge in [0.25, 0.3) is 0 Å². The summed E-state index contributed by atoms with van der Waals surface area (Å²) in [7, 11) is -1.79. The maximum atomic E-state index is 12.0. The predicted octanol–water partition coefficient (Wildman–Crippen LogP) is 1.84. The number of hydrogen-bond donors (Lipinski definition) is 1. The van der Waals surface area contributed by atoms with Crippen LogP contribution in [-0.2, 0) is 21.2 Å². The lowest BCUT2D eigenvalue weighted by atomic mass is 9.94. The van der Waals surface area contributed by atoms with Gasteiger partial charge in [-0.05, 0) is 37.6 Å². The fourth-order valence-corrected chi connectivity index (χ4v) is 3.97. The van der Waals surface area contributed by atoms with Crippen LogP contribution in [0.3, 0.4) is 0 Å². The molecule has 2 atom stereocenters. The molecule has 1 saturated heterocycles. The van der Waals surface area contributed by atoms with Gasteiger partial charge in [0.2, 0.25) is 10.0 Å². The van der Waals surface area contributed by atoms with Crippen LogP contribution in [-0.4, -0.2) is 33.9 Å². The number of hydrogen-bond acceptors (Lipinski definition) is 3. The van der Waals surface area contributed by atoms with Crippen molar-refractivity contribution < 1.29 is 13.2 Å². The molecule has 1 heterocycles. The number of ether oxygens (including phenoxy) is 1. The Balaban J connectivity index is 2.14. The second-order valence-corrected chi connectivity index (χ2v) is 7.28. The van der Waals surface area contributed by atoms with Crippen LogP contribution in [0.5, 0.6) is 0 Å². The van der Waals surface area contributed by atoms with Crippen molar-refractivity contribution in [3.63, 3.8) is 0 Å². The summed E-state index contributed by atoms with van der Waals surface area (Å²) in [6.07, 6.45) is 1.23. The molecule has 0 radical (unpaired) electrons. The molecule has 6 heteroatoms. The van der Waals surface area contributed by atoms with E-state index < -0.39 is 10.0 Å². The van der Waals surface area contributed by atoms with E-state index in [2.05, 4.69) is 4.72 Å². The largest absolute Gasteiger partial charge is 0.381 e. The Bertz CT molecular complexity index is 515. The Hall–Kier alpha value is -0.620. The van der Waals surface area contributed by atoms with Gasteiger partial charge < -0.3 is 4.74 Å². The van der Waals surface area contributed by atoms with E-state index in [0.717, 1.165) is 5.56 Å². The summed E-state index contributed by atoms with van der Waals surface area (Å²) in [5.74, 6) is -0.0209. The van der Waals surface area contributed by atoms with E-state index in [9.17, 15) is 8.42 Å². The van der Waals surface area contributed by atoms with Crippen molar-refractivity contribution in [2.24, 2.45) is 5.92 Å². The van der Waals surface area contributed by atoms with E-state index in [1.165, 1.54) is 7.05 Å². The van der Waals surface area contributed by atoms with Gasteiger partial charge in [-0.15, -0.1) is 0 Å². The average molecular weight is 304 g/mol. The molecule has 19 heavy (non-hydrogen) atoms. The Morgan fingerprint density at radius 3 is 2.68 bits per heavy atom. The fraction of sp³-hybridized carbons (Fsp3) is 0.538. The molecule has 0 aliphatic carbocycles. The van der Waals surface area contributed by atoms with Gasteiger partial charge in [0.15, 0.2) is 0 Å². The van der Waals surface area contributed by atoms with E-state index in [-0.39, 0.29) is 11.2 Å². The Morgan fingerprint density at radius 2 is 2.05 bits per heavy atom. The molecule has 1 fully saturated rings. The average Bonchev–Trinajstić information content (AvgIpc) is 2.42. The lowest BCUT2D eigenvalue weighted by molar-refractivity contribution is 0.0570. The molecule has 1 aromatic carbocycles. The molecule has 0 amide bonds. The monoisotopic (exact) mass is 303 g/mol. The van der Waals surface area contributed by atoms with E-state index in [1.807, 2.05) is 24.3 Å². The number of rotatable bonds is 4. The minimum atomic E-state index is -3.25. The summed E-state index contributed by atoms with van der Waals surface area (Å²) in [6.45, 7) is 0.983. The van der Waals surface area contributed by atoms with E-state index in [0.29, 0.717) is 31.1 Å². The highest BCUT2D eigenvalue weighted by atomic mass is 35.5. The summed E-state index contributed by atoms with van der Waals surface area (Å²) >= 11 is 5.85. The van der Waals surface area contributed by atoms with Crippen LogP contribution in [0.4, 0.5) is 0 Å². The number of halogens is 1. The number of sulfonamides is 1. The lowest BCUT2D eigenvalue weighted by Crippen LogP contribution is -2.43. The Kier molecular flexibility index (Phi) is 4.84. The molecule has 0 unspecified atom stereocenters. The van der Waals surface area contributed by atoms with Crippen LogP contribution in [0.1, 0.15) is 12.0 Å². The molecule has 2 rings (SSSR count). The predicted molar refractivity (Wildman–Crippen MR) is 75.8 cm³/mol. The highest BCUT2D eigenvalue weighted by Crippen LogP contribution is 2.25. The van der Waals surface area contributed by atoms with E-state index in [1.54, 1.807) is 0 Å².